The molecular formula is C18H27N5O2. The molecule has 0 spiro atoms. The molecule has 25 heavy (non-hydrogen) atoms. The average Bonchev–Trinajstić information content (AvgIpc) is 3.23. The maximum absolute atomic E-state index is 11.2. The Morgan fingerprint density at radius 2 is 2.12 bits per heavy atom. The van der Waals surface area contributed by atoms with Gasteiger partial charge in [-0.3, -0.25) is 4.90 Å². The Balaban J connectivity index is 1.49. The van der Waals surface area contributed by atoms with Gasteiger partial charge in [0.15, 0.2) is 0 Å². The molecule has 1 saturated heterocycles. The molecule has 0 unspecified atom stereocenters. The first-order valence-corrected chi connectivity index (χ1v) is 9.38. The summed E-state index contributed by atoms with van der Waals surface area (Å²) in [6.45, 7) is 6.37. The fourth-order valence-corrected chi connectivity index (χ4v) is 3.99. The van der Waals surface area contributed by atoms with E-state index in [1.54, 1.807) is 4.68 Å². The van der Waals surface area contributed by atoms with Crippen molar-refractivity contribution in [2.24, 2.45) is 0 Å². The summed E-state index contributed by atoms with van der Waals surface area (Å²) in [7, 11) is 0. The van der Waals surface area contributed by atoms with Gasteiger partial charge in [0.05, 0.1) is 6.20 Å². The molecule has 0 bridgehead atoms. The normalized spacial score (nSPS) is 24.6. The molecule has 2 aromatic rings. The number of β-amino-alcohol motifs (C(OH)–C–C–N with tert-alkyl or cyclic N) is 1. The third-order valence-corrected chi connectivity index (χ3v) is 5.47. The van der Waals surface area contributed by atoms with Crippen LogP contribution in [0.3, 0.4) is 0 Å². The minimum atomic E-state index is -0.935. The monoisotopic (exact) mass is 345 g/mol. The number of hydrogen-bond acceptors (Lipinski definition) is 6. The molecule has 0 aromatic carbocycles. The van der Waals surface area contributed by atoms with Crippen molar-refractivity contribution in [3.05, 3.63) is 28.9 Å². The van der Waals surface area contributed by atoms with Gasteiger partial charge in [-0.05, 0) is 52.5 Å². The highest BCUT2D eigenvalue weighted by Gasteiger charge is 2.38. The standard InChI is InChI=1S/C18H27N5O2/c1-13(2)23-11-17(19-21-23)18(24)8-5-9-22(12-18)10-15-14-6-3-4-7-16(14)25-20-15/h11,13,24H,3-10,12H2,1-2H3/t18-/m0/s1. The van der Waals surface area contributed by atoms with E-state index in [0.717, 1.165) is 50.2 Å². The molecular weight excluding hydrogens is 318 g/mol. The van der Waals surface area contributed by atoms with Crippen molar-refractivity contribution in [3.63, 3.8) is 0 Å². The van der Waals surface area contributed by atoms with Gasteiger partial charge in [0, 0.05) is 31.1 Å². The molecule has 1 aliphatic heterocycles. The van der Waals surface area contributed by atoms with Gasteiger partial charge in [0.1, 0.15) is 22.7 Å². The van der Waals surface area contributed by atoms with Crippen LogP contribution in [0.4, 0.5) is 0 Å². The van der Waals surface area contributed by atoms with Crippen molar-refractivity contribution in [1.29, 1.82) is 0 Å². The van der Waals surface area contributed by atoms with Crippen LogP contribution in [0.15, 0.2) is 10.7 Å². The average molecular weight is 345 g/mol. The van der Waals surface area contributed by atoms with E-state index in [4.69, 9.17) is 4.52 Å². The van der Waals surface area contributed by atoms with E-state index in [1.165, 1.54) is 18.4 Å². The second-order valence-corrected chi connectivity index (χ2v) is 7.76. The van der Waals surface area contributed by atoms with Gasteiger partial charge in [0.25, 0.3) is 0 Å². The Labute approximate surface area is 148 Å². The van der Waals surface area contributed by atoms with E-state index >= 15 is 0 Å². The molecule has 7 nitrogen and oxygen atoms in total. The SMILES string of the molecule is CC(C)n1cc([C@]2(O)CCCN(Cc3noc4c3CCCC4)C2)nn1. The van der Waals surface area contributed by atoms with Gasteiger partial charge in [-0.1, -0.05) is 10.4 Å². The summed E-state index contributed by atoms with van der Waals surface area (Å²) in [5.41, 5.74) is 2.08. The first kappa shape index (κ1) is 16.7. The van der Waals surface area contributed by atoms with Crippen LogP contribution < -0.4 is 0 Å². The van der Waals surface area contributed by atoms with Gasteiger partial charge in [0.2, 0.25) is 0 Å². The van der Waals surface area contributed by atoms with Crippen LogP contribution >= 0.6 is 0 Å². The van der Waals surface area contributed by atoms with Crippen LogP contribution in [0.5, 0.6) is 0 Å². The first-order valence-electron chi connectivity index (χ1n) is 9.38. The van der Waals surface area contributed by atoms with Crippen molar-refractivity contribution in [3.8, 4) is 0 Å². The number of likely N-dealkylation sites (tertiary alicyclic amines) is 1. The van der Waals surface area contributed by atoms with Gasteiger partial charge in [-0.2, -0.15) is 0 Å². The van der Waals surface area contributed by atoms with Crippen LogP contribution in [-0.2, 0) is 25.0 Å². The zero-order chi connectivity index (χ0) is 17.4. The number of hydrogen-bond donors (Lipinski definition) is 1. The number of aromatic nitrogens is 4. The highest BCUT2D eigenvalue weighted by molar-refractivity contribution is 5.25. The van der Waals surface area contributed by atoms with Crippen LogP contribution in [0.25, 0.3) is 0 Å². The van der Waals surface area contributed by atoms with Gasteiger partial charge in [-0.25, -0.2) is 4.68 Å². The number of aryl methyl sites for hydroxylation is 1. The third kappa shape index (κ3) is 3.22. The molecule has 4 rings (SSSR count). The first-order chi connectivity index (χ1) is 12.0. The Bertz CT molecular complexity index is 738. The van der Waals surface area contributed by atoms with Gasteiger partial charge < -0.3 is 9.63 Å². The van der Waals surface area contributed by atoms with Crippen molar-refractivity contribution < 1.29 is 9.63 Å². The van der Waals surface area contributed by atoms with Crippen molar-refractivity contribution in [2.45, 2.75) is 70.6 Å². The van der Waals surface area contributed by atoms with E-state index in [0.29, 0.717) is 12.2 Å². The second kappa shape index (κ2) is 6.53. The van der Waals surface area contributed by atoms with Crippen LogP contribution in [0, 0.1) is 0 Å². The number of piperidine rings is 1. The molecule has 0 saturated carbocycles. The molecule has 2 aromatic heterocycles. The van der Waals surface area contributed by atoms with E-state index in [1.807, 2.05) is 6.20 Å². The number of nitrogens with zero attached hydrogens (tertiary/aromatic N) is 5. The number of fused-ring (bicyclic) bond motifs is 1. The summed E-state index contributed by atoms with van der Waals surface area (Å²) in [6.07, 6.45) is 8.01. The Morgan fingerprint density at radius 1 is 1.28 bits per heavy atom. The predicted molar refractivity (Wildman–Crippen MR) is 92.0 cm³/mol. The van der Waals surface area contributed by atoms with E-state index < -0.39 is 5.60 Å². The van der Waals surface area contributed by atoms with E-state index in [2.05, 4.69) is 34.2 Å². The maximum atomic E-state index is 11.2. The lowest BCUT2D eigenvalue weighted by molar-refractivity contribution is -0.0420. The number of aliphatic hydroxyl groups is 1. The lowest BCUT2D eigenvalue weighted by Crippen LogP contribution is -2.46. The lowest BCUT2D eigenvalue weighted by atomic mass is 9.89. The molecule has 1 atom stereocenters. The minimum absolute atomic E-state index is 0.242. The molecule has 2 aliphatic rings. The lowest BCUT2D eigenvalue weighted by Gasteiger charge is -2.37. The quantitative estimate of drug-likeness (QED) is 0.915. The molecule has 7 heteroatoms. The molecule has 1 N–H and O–H groups in total. The summed E-state index contributed by atoms with van der Waals surface area (Å²) in [4.78, 5) is 2.27. The van der Waals surface area contributed by atoms with Crippen molar-refractivity contribution in [1.82, 2.24) is 25.1 Å². The van der Waals surface area contributed by atoms with Crippen molar-refractivity contribution in [2.75, 3.05) is 13.1 Å². The van der Waals surface area contributed by atoms with Crippen LogP contribution in [0.2, 0.25) is 0 Å². The van der Waals surface area contributed by atoms with Gasteiger partial charge >= 0.3 is 0 Å². The Kier molecular flexibility index (Phi) is 4.37. The third-order valence-electron chi connectivity index (χ3n) is 5.47. The zero-order valence-electron chi connectivity index (χ0n) is 15.1. The fourth-order valence-electron chi connectivity index (χ4n) is 3.99. The van der Waals surface area contributed by atoms with Crippen LogP contribution in [0.1, 0.15) is 68.3 Å². The summed E-state index contributed by atoms with van der Waals surface area (Å²) >= 11 is 0. The molecule has 0 amide bonds. The van der Waals surface area contributed by atoms with Crippen LogP contribution in [-0.4, -0.2) is 43.2 Å². The highest BCUT2D eigenvalue weighted by atomic mass is 16.5. The minimum Gasteiger partial charge on any atom is -0.382 e. The molecule has 1 fully saturated rings. The molecule has 3 heterocycles. The van der Waals surface area contributed by atoms with E-state index in [-0.39, 0.29) is 6.04 Å². The summed E-state index contributed by atoms with van der Waals surface area (Å²) in [5.74, 6) is 1.06. The molecule has 1 aliphatic carbocycles. The van der Waals surface area contributed by atoms with E-state index in [9.17, 15) is 5.11 Å². The Morgan fingerprint density at radius 3 is 2.92 bits per heavy atom. The topological polar surface area (TPSA) is 80.2 Å². The molecule has 0 radical (unpaired) electrons. The fraction of sp³-hybridized carbons (Fsp3) is 0.722. The smallest absolute Gasteiger partial charge is 0.140 e. The second-order valence-electron chi connectivity index (χ2n) is 7.76. The summed E-state index contributed by atoms with van der Waals surface area (Å²) < 4.78 is 7.34. The Hall–Kier alpha value is -1.73. The summed E-state index contributed by atoms with van der Waals surface area (Å²) in [5, 5.41) is 23.9. The predicted octanol–water partition coefficient (Wildman–Crippen LogP) is 2.21. The zero-order valence-corrected chi connectivity index (χ0v) is 15.1. The van der Waals surface area contributed by atoms with Crippen molar-refractivity contribution >= 4 is 0 Å². The number of rotatable bonds is 4. The highest BCUT2D eigenvalue weighted by Crippen LogP contribution is 2.32. The summed E-state index contributed by atoms with van der Waals surface area (Å²) in [6, 6.07) is 0.242. The maximum Gasteiger partial charge on any atom is 0.140 e. The largest absolute Gasteiger partial charge is 0.382 e. The van der Waals surface area contributed by atoms with Gasteiger partial charge in [-0.15, -0.1) is 5.10 Å². The molecule has 136 valence electrons.